The predicted molar refractivity (Wildman–Crippen MR) is 176 cm³/mol. The Labute approximate surface area is 268 Å². The molecule has 4 heterocycles. The summed E-state index contributed by atoms with van der Waals surface area (Å²) in [5.74, 6) is -0.0488. The van der Waals surface area contributed by atoms with Crippen LogP contribution in [-0.4, -0.2) is 61.3 Å². The van der Waals surface area contributed by atoms with Crippen LogP contribution < -0.4 is 10.6 Å². The molecule has 0 unspecified atom stereocenters. The lowest BCUT2D eigenvalue weighted by molar-refractivity contribution is 0.0192. The third kappa shape index (κ3) is 6.12. The second-order valence-electron chi connectivity index (χ2n) is 13.2. The van der Waals surface area contributed by atoms with Gasteiger partial charge in [0.25, 0.3) is 0 Å². The van der Waals surface area contributed by atoms with Crippen LogP contribution in [0.15, 0.2) is 41.3 Å². The van der Waals surface area contributed by atoms with Crippen LogP contribution in [0.25, 0.3) is 28.0 Å². The molecule has 2 atom stereocenters. The van der Waals surface area contributed by atoms with Crippen LogP contribution in [0.4, 0.5) is 15.0 Å². The van der Waals surface area contributed by atoms with Crippen molar-refractivity contribution in [1.29, 1.82) is 0 Å². The Bertz CT molecular complexity index is 1840. The number of ether oxygens (including phenoxy) is 1. The van der Waals surface area contributed by atoms with Gasteiger partial charge in [-0.1, -0.05) is 37.6 Å². The minimum Gasteiger partial charge on any atom is -0.444 e. The van der Waals surface area contributed by atoms with E-state index in [9.17, 15) is 9.59 Å². The number of aromatic nitrogens is 4. The number of carbonyl (C=O) groups is 1. The van der Waals surface area contributed by atoms with Crippen molar-refractivity contribution in [2.75, 3.05) is 18.0 Å². The molecule has 1 saturated heterocycles. The first-order chi connectivity index (χ1) is 21.1. The fraction of sp³-hybridized carbons (Fsp3) is 0.441. The average molecular weight is 635 g/mol. The highest BCUT2D eigenvalue weighted by Crippen LogP contribution is 2.37. The van der Waals surface area contributed by atoms with Crippen molar-refractivity contribution < 1.29 is 13.9 Å². The second kappa shape index (κ2) is 12.0. The molecular weight excluding hydrogens is 595 g/mol. The number of anilines is 1. The van der Waals surface area contributed by atoms with Gasteiger partial charge >= 0.3 is 11.8 Å². The topological polar surface area (TPSA) is 93.5 Å². The molecule has 1 fully saturated rings. The Morgan fingerprint density at radius 1 is 1.07 bits per heavy atom. The van der Waals surface area contributed by atoms with Crippen molar-refractivity contribution in [2.45, 2.75) is 85.9 Å². The van der Waals surface area contributed by atoms with Gasteiger partial charge in [-0.25, -0.2) is 23.5 Å². The summed E-state index contributed by atoms with van der Waals surface area (Å²) in [6.07, 6.45) is 1.33. The summed E-state index contributed by atoms with van der Waals surface area (Å²) in [5, 5.41) is 0.749. The summed E-state index contributed by atoms with van der Waals surface area (Å²) in [4.78, 5) is 45.0. The van der Waals surface area contributed by atoms with E-state index in [0.29, 0.717) is 41.2 Å². The Hall–Kier alpha value is -4.05. The fourth-order valence-corrected chi connectivity index (χ4v) is 6.28. The zero-order chi connectivity index (χ0) is 33.0. The number of rotatable bonds is 4. The maximum absolute atomic E-state index is 15.4. The van der Waals surface area contributed by atoms with E-state index in [1.54, 1.807) is 42.3 Å². The summed E-state index contributed by atoms with van der Waals surface area (Å²) in [6.45, 7) is 17.8. The molecule has 0 N–H and O–H groups in total. The first-order valence-electron chi connectivity index (χ1n) is 15.2. The van der Waals surface area contributed by atoms with Crippen molar-refractivity contribution in [3.63, 3.8) is 0 Å². The molecule has 3 aromatic heterocycles. The summed E-state index contributed by atoms with van der Waals surface area (Å²) in [7, 11) is 0. The normalized spacial score (nSPS) is 17.3. The van der Waals surface area contributed by atoms with Crippen LogP contribution in [0.3, 0.4) is 0 Å². The van der Waals surface area contributed by atoms with Crippen LogP contribution in [0.2, 0.25) is 5.02 Å². The van der Waals surface area contributed by atoms with Crippen LogP contribution >= 0.6 is 11.6 Å². The van der Waals surface area contributed by atoms with Gasteiger partial charge in [0, 0.05) is 36.9 Å². The predicted octanol–water partition coefficient (Wildman–Crippen LogP) is 7.21. The number of carbonyl (C=O) groups excluding carboxylic acids is 1. The molecule has 5 rings (SSSR count). The van der Waals surface area contributed by atoms with Gasteiger partial charge in [-0.05, 0) is 83.7 Å². The third-order valence-electron chi connectivity index (χ3n) is 7.99. The zero-order valence-corrected chi connectivity index (χ0v) is 28.0. The number of hydrogen-bond donors (Lipinski definition) is 0. The molecule has 0 aliphatic carbocycles. The van der Waals surface area contributed by atoms with Crippen molar-refractivity contribution >= 4 is 34.5 Å². The SMILES string of the molecule is Cc1cccc(-c2nc3c(cc2Cl)c(N2[C@H](C)CN(C(=O)OC(C)(C)C)C[C@@H]2C)nc(=O)n3-c2c(C)ccnc2C(C)C)c1F. The summed E-state index contributed by atoms with van der Waals surface area (Å²) < 4.78 is 22.5. The molecular formula is C34H40ClFN6O3. The number of aryl methyl sites for hydroxylation is 2. The Morgan fingerprint density at radius 2 is 1.73 bits per heavy atom. The molecule has 238 valence electrons. The standard InChI is InChI=1S/C34H40ClFN6O3/c1-18(2)27-29(20(4)13-14-37-27)42-30-24(15-25(35)28(38-30)23-12-10-11-19(3)26(23)36)31(39-32(42)43)41-21(5)16-40(17-22(41)6)33(44)45-34(7,8)9/h10-15,18,21-22H,16-17H2,1-9H3/t21-,22+. The van der Waals surface area contributed by atoms with Crippen LogP contribution in [0.1, 0.15) is 71.2 Å². The van der Waals surface area contributed by atoms with E-state index < -0.39 is 23.2 Å². The van der Waals surface area contributed by atoms with E-state index in [4.69, 9.17) is 21.3 Å². The number of amides is 1. The monoisotopic (exact) mass is 634 g/mol. The van der Waals surface area contributed by atoms with Gasteiger partial charge in [-0.2, -0.15) is 4.98 Å². The molecule has 1 aliphatic heterocycles. The number of piperazine rings is 1. The van der Waals surface area contributed by atoms with Crippen molar-refractivity contribution in [3.05, 3.63) is 74.7 Å². The Balaban J connectivity index is 1.77. The lowest BCUT2D eigenvalue weighted by Crippen LogP contribution is -2.59. The molecule has 1 amide bonds. The van der Waals surface area contributed by atoms with Crippen LogP contribution in [0, 0.1) is 19.7 Å². The number of nitrogens with zero attached hydrogens (tertiary/aromatic N) is 6. The minimum atomic E-state index is -0.626. The van der Waals surface area contributed by atoms with Gasteiger partial charge in [-0.3, -0.25) is 4.98 Å². The van der Waals surface area contributed by atoms with E-state index in [1.807, 2.05) is 66.4 Å². The zero-order valence-electron chi connectivity index (χ0n) is 27.3. The molecule has 0 saturated carbocycles. The summed E-state index contributed by atoms with van der Waals surface area (Å²) >= 11 is 6.88. The van der Waals surface area contributed by atoms with Crippen molar-refractivity contribution in [1.82, 2.24) is 24.4 Å². The van der Waals surface area contributed by atoms with E-state index in [2.05, 4.69) is 9.97 Å². The van der Waals surface area contributed by atoms with Crippen LogP contribution in [0.5, 0.6) is 0 Å². The Kier molecular flexibility index (Phi) is 8.65. The van der Waals surface area contributed by atoms with E-state index in [-0.39, 0.29) is 39.9 Å². The number of pyridine rings is 2. The molecule has 9 nitrogen and oxygen atoms in total. The number of hydrogen-bond acceptors (Lipinski definition) is 7. The largest absolute Gasteiger partial charge is 0.444 e. The molecule has 11 heteroatoms. The third-order valence-corrected chi connectivity index (χ3v) is 8.28. The van der Waals surface area contributed by atoms with Gasteiger partial charge < -0.3 is 14.5 Å². The average Bonchev–Trinajstić information content (AvgIpc) is 2.93. The number of halogens is 2. The second-order valence-corrected chi connectivity index (χ2v) is 13.6. The van der Waals surface area contributed by atoms with Gasteiger partial charge in [0.1, 0.15) is 17.2 Å². The highest BCUT2D eigenvalue weighted by Gasteiger charge is 2.36. The minimum absolute atomic E-state index is 0.0107. The highest BCUT2D eigenvalue weighted by atomic mass is 35.5. The maximum Gasteiger partial charge on any atom is 0.410 e. The Morgan fingerprint density at radius 3 is 2.36 bits per heavy atom. The maximum atomic E-state index is 15.4. The van der Waals surface area contributed by atoms with Crippen molar-refractivity contribution in [2.24, 2.45) is 0 Å². The molecule has 0 spiro atoms. The van der Waals surface area contributed by atoms with Crippen molar-refractivity contribution in [3.8, 4) is 16.9 Å². The molecule has 0 radical (unpaired) electrons. The lowest BCUT2D eigenvalue weighted by atomic mass is 10.0. The number of fused-ring (bicyclic) bond motifs is 1. The van der Waals surface area contributed by atoms with E-state index in [1.165, 1.54) is 4.57 Å². The molecule has 1 aliphatic rings. The highest BCUT2D eigenvalue weighted by molar-refractivity contribution is 6.33. The number of benzene rings is 1. The molecule has 4 aromatic rings. The summed E-state index contributed by atoms with van der Waals surface area (Å²) in [6, 6.07) is 8.14. The smallest absolute Gasteiger partial charge is 0.410 e. The first kappa shape index (κ1) is 32.3. The van der Waals surface area contributed by atoms with Gasteiger partial charge in [-0.15, -0.1) is 0 Å². The fourth-order valence-electron chi connectivity index (χ4n) is 6.02. The van der Waals surface area contributed by atoms with Gasteiger partial charge in [0.15, 0.2) is 5.65 Å². The quantitative estimate of drug-likeness (QED) is 0.234. The van der Waals surface area contributed by atoms with Crippen LogP contribution in [-0.2, 0) is 4.74 Å². The lowest BCUT2D eigenvalue weighted by Gasteiger charge is -2.45. The molecule has 45 heavy (non-hydrogen) atoms. The van der Waals surface area contributed by atoms with Gasteiger partial charge in [0.05, 0.1) is 27.5 Å². The molecule has 1 aromatic carbocycles. The first-order valence-corrected chi connectivity index (χ1v) is 15.6. The van der Waals surface area contributed by atoms with E-state index in [0.717, 1.165) is 5.56 Å². The molecule has 0 bridgehead atoms. The van der Waals surface area contributed by atoms with Gasteiger partial charge in [0.2, 0.25) is 0 Å². The van der Waals surface area contributed by atoms with E-state index >= 15 is 4.39 Å². The summed E-state index contributed by atoms with van der Waals surface area (Å²) in [5.41, 5.74) is 2.14.